The number of ether oxygens (including phenoxy) is 2. The third-order valence-electron chi connectivity index (χ3n) is 4.55. The molecule has 6 nitrogen and oxygen atoms in total. The van der Waals surface area contributed by atoms with Crippen molar-refractivity contribution in [3.8, 4) is 11.5 Å². The third-order valence-corrected chi connectivity index (χ3v) is 5.05. The Balaban J connectivity index is 1.40. The topological polar surface area (TPSA) is 73.1 Å². The van der Waals surface area contributed by atoms with Crippen molar-refractivity contribution in [2.75, 3.05) is 7.11 Å². The molecule has 0 saturated heterocycles. The van der Waals surface area contributed by atoms with Gasteiger partial charge in [-0.1, -0.05) is 28.1 Å². The van der Waals surface area contributed by atoms with Crippen molar-refractivity contribution in [3.63, 3.8) is 0 Å². The lowest BCUT2D eigenvalue weighted by Gasteiger charge is -2.11. The van der Waals surface area contributed by atoms with Crippen LogP contribution >= 0.6 is 15.9 Å². The number of furan rings is 1. The maximum absolute atomic E-state index is 13.3. The van der Waals surface area contributed by atoms with Crippen LogP contribution in [0.15, 0.2) is 80.7 Å². The van der Waals surface area contributed by atoms with Gasteiger partial charge in [-0.3, -0.25) is 4.79 Å². The van der Waals surface area contributed by atoms with Crippen LogP contribution in [0.1, 0.15) is 21.7 Å². The Bertz CT molecular complexity index is 1300. The summed E-state index contributed by atoms with van der Waals surface area (Å²) in [5.41, 5.74) is 4.45. The second-order valence-corrected chi connectivity index (χ2v) is 7.74. The molecule has 0 bridgehead atoms. The molecule has 8 heteroatoms. The number of nitrogens with zero attached hydrogens (tertiary/aromatic N) is 1. The molecule has 1 amide bonds. The molecule has 0 radical (unpaired) electrons. The van der Waals surface area contributed by atoms with E-state index >= 15 is 0 Å². The summed E-state index contributed by atoms with van der Waals surface area (Å²) >= 11 is 3.39. The predicted octanol–water partition coefficient (Wildman–Crippen LogP) is 5.69. The predicted molar refractivity (Wildman–Crippen MR) is 123 cm³/mol. The SMILES string of the molecule is COc1cc(/C=N/NC(=O)c2cc3cc(Br)ccc3o2)ccc1OCc1cccc(F)c1. The van der Waals surface area contributed by atoms with Gasteiger partial charge in [0, 0.05) is 9.86 Å². The number of nitrogens with one attached hydrogen (secondary N) is 1. The molecule has 0 fully saturated rings. The molecule has 1 aromatic heterocycles. The molecule has 1 heterocycles. The molecule has 3 aromatic carbocycles. The molecule has 0 saturated carbocycles. The summed E-state index contributed by atoms with van der Waals surface area (Å²) in [6.07, 6.45) is 1.48. The van der Waals surface area contributed by atoms with Crippen LogP contribution in [0.2, 0.25) is 0 Å². The molecule has 0 spiro atoms. The Kier molecular flexibility index (Phi) is 6.51. The van der Waals surface area contributed by atoms with Gasteiger partial charge < -0.3 is 13.9 Å². The molecular formula is C24H18BrFN2O4. The van der Waals surface area contributed by atoms with E-state index in [2.05, 4.69) is 26.5 Å². The Morgan fingerprint density at radius 3 is 2.81 bits per heavy atom. The lowest BCUT2D eigenvalue weighted by atomic mass is 10.2. The van der Waals surface area contributed by atoms with E-state index in [1.807, 2.05) is 12.1 Å². The average molecular weight is 497 g/mol. The highest BCUT2D eigenvalue weighted by Crippen LogP contribution is 2.28. The Labute approximate surface area is 191 Å². The quantitative estimate of drug-likeness (QED) is 0.263. The van der Waals surface area contributed by atoms with Gasteiger partial charge in [0.25, 0.3) is 0 Å². The van der Waals surface area contributed by atoms with Gasteiger partial charge in [-0.05, 0) is 65.7 Å². The van der Waals surface area contributed by atoms with Crippen molar-refractivity contribution >= 4 is 39.0 Å². The summed E-state index contributed by atoms with van der Waals surface area (Å²) < 4.78 is 30.9. The minimum atomic E-state index is -0.462. The van der Waals surface area contributed by atoms with Gasteiger partial charge in [-0.2, -0.15) is 5.10 Å². The molecule has 32 heavy (non-hydrogen) atoms. The van der Waals surface area contributed by atoms with Gasteiger partial charge in [-0.15, -0.1) is 0 Å². The first-order chi connectivity index (χ1) is 15.5. The van der Waals surface area contributed by atoms with Crippen LogP contribution in [-0.2, 0) is 6.61 Å². The normalized spacial score (nSPS) is 11.1. The summed E-state index contributed by atoms with van der Waals surface area (Å²) in [5.74, 6) is 0.373. The van der Waals surface area contributed by atoms with Crippen LogP contribution in [0.5, 0.6) is 11.5 Å². The minimum absolute atomic E-state index is 0.161. The molecule has 0 unspecified atom stereocenters. The molecule has 0 aliphatic carbocycles. The van der Waals surface area contributed by atoms with Crippen LogP contribution in [0.25, 0.3) is 11.0 Å². The van der Waals surface area contributed by atoms with Crippen molar-refractivity contribution in [1.82, 2.24) is 5.43 Å². The third kappa shape index (κ3) is 5.15. The van der Waals surface area contributed by atoms with E-state index in [1.54, 1.807) is 42.5 Å². The molecule has 0 aliphatic rings. The number of amides is 1. The van der Waals surface area contributed by atoms with Crippen LogP contribution in [-0.4, -0.2) is 19.2 Å². The zero-order chi connectivity index (χ0) is 22.5. The lowest BCUT2D eigenvalue weighted by molar-refractivity contribution is 0.0929. The van der Waals surface area contributed by atoms with Gasteiger partial charge in [0.2, 0.25) is 0 Å². The first-order valence-corrected chi connectivity index (χ1v) is 10.4. The number of rotatable bonds is 7. The summed E-state index contributed by atoms with van der Waals surface area (Å²) in [5, 5.41) is 4.79. The number of hydrazone groups is 1. The largest absolute Gasteiger partial charge is 0.493 e. The Morgan fingerprint density at radius 2 is 2.00 bits per heavy atom. The second-order valence-electron chi connectivity index (χ2n) is 6.82. The van der Waals surface area contributed by atoms with Crippen molar-refractivity contribution < 1.29 is 23.1 Å². The van der Waals surface area contributed by atoms with E-state index in [-0.39, 0.29) is 18.2 Å². The Morgan fingerprint density at radius 1 is 1.12 bits per heavy atom. The van der Waals surface area contributed by atoms with Crippen LogP contribution < -0.4 is 14.9 Å². The highest BCUT2D eigenvalue weighted by Gasteiger charge is 2.12. The highest BCUT2D eigenvalue weighted by molar-refractivity contribution is 9.10. The molecule has 1 N–H and O–H groups in total. The maximum Gasteiger partial charge on any atom is 0.307 e. The van der Waals surface area contributed by atoms with Gasteiger partial charge in [-0.25, -0.2) is 9.82 Å². The average Bonchev–Trinajstić information content (AvgIpc) is 3.21. The summed E-state index contributed by atoms with van der Waals surface area (Å²) in [6.45, 7) is 0.200. The number of carbonyl (C=O) groups is 1. The van der Waals surface area contributed by atoms with Crippen LogP contribution in [0, 0.1) is 5.82 Å². The molecule has 162 valence electrons. The van der Waals surface area contributed by atoms with E-state index in [0.29, 0.717) is 28.2 Å². The first kappa shape index (κ1) is 21.6. The monoisotopic (exact) mass is 496 g/mol. The number of fused-ring (bicyclic) bond motifs is 1. The fraction of sp³-hybridized carbons (Fsp3) is 0.0833. The van der Waals surface area contributed by atoms with Gasteiger partial charge in [0.15, 0.2) is 17.3 Å². The van der Waals surface area contributed by atoms with Crippen molar-refractivity contribution in [2.24, 2.45) is 5.10 Å². The zero-order valence-corrected chi connectivity index (χ0v) is 18.6. The molecular weight excluding hydrogens is 479 g/mol. The van der Waals surface area contributed by atoms with Gasteiger partial charge in [0.1, 0.15) is 18.0 Å². The Hall–Kier alpha value is -3.65. The second kappa shape index (κ2) is 9.65. The molecule has 0 aliphatic heterocycles. The zero-order valence-electron chi connectivity index (χ0n) is 17.0. The number of hydrogen-bond acceptors (Lipinski definition) is 5. The van der Waals surface area contributed by atoms with Gasteiger partial charge >= 0.3 is 5.91 Å². The molecule has 4 rings (SSSR count). The standard InChI is InChI=1S/C24H18BrFN2O4/c1-30-22-10-15(5-7-21(22)31-14-16-3-2-4-19(26)9-16)13-27-28-24(29)23-12-17-11-18(25)6-8-20(17)32-23/h2-13H,14H2,1H3,(H,28,29)/b27-13+. The fourth-order valence-corrected chi connectivity index (χ4v) is 3.40. The van der Waals surface area contributed by atoms with E-state index in [1.165, 1.54) is 25.5 Å². The van der Waals surface area contributed by atoms with Gasteiger partial charge in [0.05, 0.1) is 13.3 Å². The summed E-state index contributed by atoms with van der Waals surface area (Å²) in [6, 6.07) is 18.5. The van der Waals surface area contributed by atoms with Crippen molar-refractivity contribution in [1.29, 1.82) is 0 Å². The van der Waals surface area contributed by atoms with Crippen molar-refractivity contribution in [3.05, 3.63) is 93.9 Å². The van der Waals surface area contributed by atoms with E-state index in [9.17, 15) is 9.18 Å². The highest BCUT2D eigenvalue weighted by atomic mass is 79.9. The summed E-state index contributed by atoms with van der Waals surface area (Å²) in [4.78, 5) is 12.3. The lowest BCUT2D eigenvalue weighted by Crippen LogP contribution is -2.16. The van der Waals surface area contributed by atoms with Crippen LogP contribution in [0.3, 0.4) is 0 Å². The number of hydrogen-bond donors (Lipinski definition) is 1. The van der Waals surface area contributed by atoms with Crippen LogP contribution in [0.4, 0.5) is 4.39 Å². The van der Waals surface area contributed by atoms with E-state index in [0.717, 1.165) is 9.86 Å². The number of halogens is 2. The maximum atomic E-state index is 13.3. The van der Waals surface area contributed by atoms with E-state index < -0.39 is 5.91 Å². The smallest absolute Gasteiger partial charge is 0.307 e. The number of methoxy groups -OCH3 is 1. The number of benzene rings is 3. The summed E-state index contributed by atoms with van der Waals surface area (Å²) in [7, 11) is 1.52. The molecule has 4 aromatic rings. The first-order valence-electron chi connectivity index (χ1n) is 9.59. The van der Waals surface area contributed by atoms with E-state index in [4.69, 9.17) is 13.9 Å². The minimum Gasteiger partial charge on any atom is -0.493 e. The number of carbonyl (C=O) groups excluding carboxylic acids is 1. The van der Waals surface area contributed by atoms with Crippen molar-refractivity contribution in [2.45, 2.75) is 6.61 Å². The fourth-order valence-electron chi connectivity index (χ4n) is 3.02. The molecule has 0 atom stereocenters.